The van der Waals surface area contributed by atoms with Gasteiger partial charge in [-0.15, -0.1) is 0 Å². The second-order valence-corrected chi connectivity index (χ2v) is 5.70. The molecule has 5 heteroatoms. The molecule has 0 heterocycles. The molecule has 0 aromatic heterocycles. The van der Waals surface area contributed by atoms with Crippen LogP contribution in [-0.4, -0.2) is 11.8 Å². The van der Waals surface area contributed by atoms with Gasteiger partial charge in [-0.1, -0.05) is 32.0 Å². The maximum atomic E-state index is 12.1. The topological polar surface area (TPSA) is 82.0 Å². The van der Waals surface area contributed by atoms with E-state index in [4.69, 9.17) is 5.26 Å². The zero-order valence-electron chi connectivity index (χ0n) is 13.7. The zero-order chi connectivity index (χ0) is 17.5. The van der Waals surface area contributed by atoms with Gasteiger partial charge < -0.3 is 10.6 Å². The summed E-state index contributed by atoms with van der Waals surface area (Å²) in [6.45, 7) is 4.09. The fourth-order valence-electron chi connectivity index (χ4n) is 2.29. The lowest BCUT2D eigenvalue weighted by Crippen LogP contribution is -2.22. The highest BCUT2D eigenvalue weighted by atomic mass is 16.2. The molecule has 24 heavy (non-hydrogen) atoms. The van der Waals surface area contributed by atoms with E-state index in [2.05, 4.69) is 10.6 Å². The predicted octanol–water partition coefficient (Wildman–Crippen LogP) is 3.65. The summed E-state index contributed by atoms with van der Waals surface area (Å²) in [5.41, 5.74) is 2.81. The first-order valence-corrected chi connectivity index (χ1v) is 7.68. The molecule has 2 N–H and O–H groups in total. The molecule has 0 bridgehead atoms. The van der Waals surface area contributed by atoms with Crippen LogP contribution in [-0.2, 0) is 9.59 Å². The van der Waals surface area contributed by atoms with Crippen molar-refractivity contribution in [1.82, 2.24) is 0 Å². The Hall–Kier alpha value is -3.13. The lowest BCUT2D eigenvalue weighted by atomic mass is 10.0. The van der Waals surface area contributed by atoms with Gasteiger partial charge in [0.15, 0.2) is 0 Å². The molecule has 0 unspecified atom stereocenters. The summed E-state index contributed by atoms with van der Waals surface area (Å²) in [4.78, 5) is 24.0. The van der Waals surface area contributed by atoms with E-state index in [1.165, 1.54) is 0 Å². The SMILES string of the molecule is CC(C)c1ccccc1NC(=O)CC(=O)Nc1ccc(C#N)cc1. The van der Waals surface area contributed by atoms with E-state index in [9.17, 15) is 9.59 Å². The van der Waals surface area contributed by atoms with Crippen molar-refractivity contribution in [1.29, 1.82) is 5.26 Å². The van der Waals surface area contributed by atoms with Crippen molar-refractivity contribution in [2.45, 2.75) is 26.2 Å². The molecule has 0 aliphatic rings. The number of hydrogen-bond donors (Lipinski definition) is 2. The average Bonchev–Trinajstić information content (AvgIpc) is 2.55. The maximum Gasteiger partial charge on any atom is 0.233 e. The largest absolute Gasteiger partial charge is 0.326 e. The van der Waals surface area contributed by atoms with Gasteiger partial charge in [-0.05, 0) is 41.8 Å². The lowest BCUT2D eigenvalue weighted by Gasteiger charge is -2.13. The number of para-hydroxylation sites is 1. The quantitative estimate of drug-likeness (QED) is 0.825. The Labute approximate surface area is 141 Å². The van der Waals surface area contributed by atoms with Crippen molar-refractivity contribution in [2.75, 3.05) is 10.6 Å². The maximum absolute atomic E-state index is 12.1. The van der Waals surface area contributed by atoms with E-state index in [1.807, 2.05) is 44.2 Å². The van der Waals surface area contributed by atoms with Crippen molar-refractivity contribution in [2.24, 2.45) is 0 Å². The fraction of sp³-hybridized carbons (Fsp3) is 0.211. The normalized spacial score (nSPS) is 10.1. The van der Waals surface area contributed by atoms with Crippen molar-refractivity contribution in [3.8, 4) is 6.07 Å². The minimum Gasteiger partial charge on any atom is -0.326 e. The summed E-state index contributed by atoms with van der Waals surface area (Å²) in [5, 5.41) is 14.2. The molecule has 5 nitrogen and oxygen atoms in total. The van der Waals surface area contributed by atoms with Crippen molar-refractivity contribution < 1.29 is 9.59 Å². The van der Waals surface area contributed by atoms with Gasteiger partial charge in [-0.3, -0.25) is 9.59 Å². The summed E-state index contributed by atoms with van der Waals surface area (Å²) in [6.07, 6.45) is -0.271. The Morgan fingerprint density at radius 2 is 1.62 bits per heavy atom. The summed E-state index contributed by atoms with van der Waals surface area (Å²) < 4.78 is 0. The van der Waals surface area contributed by atoms with Crippen molar-refractivity contribution in [3.05, 3.63) is 59.7 Å². The minimum absolute atomic E-state index is 0.271. The van der Waals surface area contributed by atoms with Crippen LogP contribution < -0.4 is 10.6 Å². The van der Waals surface area contributed by atoms with Crippen LogP contribution in [0.4, 0.5) is 11.4 Å². The van der Waals surface area contributed by atoms with Gasteiger partial charge >= 0.3 is 0 Å². The first kappa shape index (κ1) is 17.2. The van der Waals surface area contributed by atoms with Gasteiger partial charge in [0.25, 0.3) is 0 Å². The number of hydrogen-bond acceptors (Lipinski definition) is 3. The number of carbonyl (C=O) groups is 2. The molecule has 2 aromatic rings. The number of amides is 2. The van der Waals surface area contributed by atoms with E-state index < -0.39 is 5.91 Å². The summed E-state index contributed by atoms with van der Waals surface area (Å²) in [7, 11) is 0. The number of rotatable bonds is 5. The first-order chi connectivity index (χ1) is 11.5. The molecule has 0 atom stereocenters. The third-order valence-electron chi connectivity index (χ3n) is 3.48. The smallest absolute Gasteiger partial charge is 0.233 e. The van der Waals surface area contributed by atoms with Gasteiger partial charge in [0, 0.05) is 11.4 Å². The molecule has 122 valence electrons. The Morgan fingerprint density at radius 3 is 2.25 bits per heavy atom. The van der Waals surface area contributed by atoms with Gasteiger partial charge in [-0.25, -0.2) is 0 Å². The van der Waals surface area contributed by atoms with Crippen LogP contribution >= 0.6 is 0 Å². The predicted molar refractivity (Wildman–Crippen MR) is 93.6 cm³/mol. The van der Waals surface area contributed by atoms with Gasteiger partial charge in [-0.2, -0.15) is 5.26 Å². The summed E-state index contributed by atoms with van der Waals surface area (Å²) in [5.74, 6) is -0.498. The van der Waals surface area contributed by atoms with Gasteiger partial charge in [0.05, 0.1) is 11.6 Å². The molecule has 0 aliphatic heterocycles. The number of nitriles is 1. The molecule has 2 aromatic carbocycles. The molecular formula is C19H19N3O2. The molecule has 0 aliphatic carbocycles. The van der Waals surface area contributed by atoms with Crippen LogP contribution in [0.1, 0.15) is 37.3 Å². The monoisotopic (exact) mass is 321 g/mol. The minimum atomic E-state index is -0.403. The van der Waals surface area contributed by atoms with Crippen molar-refractivity contribution in [3.63, 3.8) is 0 Å². The third kappa shape index (κ3) is 4.68. The Balaban J connectivity index is 1.94. The van der Waals surface area contributed by atoms with E-state index in [0.717, 1.165) is 11.3 Å². The summed E-state index contributed by atoms with van der Waals surface area (Å²) in [6, 6.07) is 16.0. The van der Waals surface area contributed by atoms with E-state index in [-0.39, 0.29) is 18.2 Å². The van der Waals surface area contributed by atoms with Gasteiger partial charge in [0.2, 0.25) is 11.8 Å². The van der Waals surface area contributed by atoms with Crippen LogP contribution in [0.2, 0.25) is 0 Å². The Morgan fingerprint density at radius 1 is 1.00 bits per heavy atom. The number of benzene rings is 2. The molecule has 0 spiro atoms. The third-order valence-corrected chi connectivity index (χ3v) is 3.48. The highest BCUT2D eigenvalue weighted by Gasteiger charge is 2.13. The highest BCUT2D eigenvalue weighted by Crippen LogP contribution is 2.23. The molecule has 2 rings (SSSR count). The van der Waals surface area contributed by atoms with Crippen LogP contribution in [0.3, 0.4) is 0 Å². The second kappa shape index (κ2) is 7.93. The Bertz CT molecular complexity index is 774. The van der Waals surface area contributed by atoms with Crippen LogP contribution in [0, 0.1) is 11.3 Å². The number of nitrogens with zero attached hydrogens (tertiary/aromatic N) is 1. The van der Waals surface area contributed by atoms with Crippen LogP contribution in [0.15, 0.2) is 48.5 Å². The fourth-order valence-corrected chi connectivity index (χ4v) is 2.29. The van der Waals surface area contributed by atoms with Gasteiger partial charge in [0.1, 0.15) is 6.42 Å². The van der Waals surface area contributed by atoms with E-state index in [0.29, 0.717) is 11.3 Å². The molecule has 2 amide bonds. The number of nitrogens with one attached hydrogen (secondary N) is 2. The number of carbonyl (C=O) groups excluding carboxylic acids is 2. The average molecular weight is 321 g/mol. The molecule has 0 fully saturated rings. The highest BCUT2D eigenvalue weighted by molar-refractivity contribution is 6.08. The van der Waals surface area contributed by atoms with Crippen LogP contribution in [0.25, 0.3) is 0 Å². The lowest BCUT2D eigenvalue weighted by molar-refractivity contribution is -0.123. The summed E-state index contributed by atoms with van der Waals surface area (Å²) >= 11 is 0. The zero-order valence-corrected chi connectivity index (χ0v) is 13.7. The molecule has 0 saturated carbocycles. The molecule has 0 radical (unpaired) electrons. The molecule has 0 saturated heterocycles. The Kier molecular flexibility index (Phi) is 5.69. The standard InChI is InChI=1S/C19H19N3O2/c1-13(2)16-5-3-4-6-17(16)22-19(24)11-18(23)21-15-9-7-14(12-20)8-10-15/h3-10,13H,11H2,1-2H3,(H,21,23)(H,22,24). The van der Waals surface area contributed by atoms with Crippen LogP contribution in [0.5, 0.6) is 0 Å². The van der Waals surface area contributed by atoms with Crippen molar-refractivity contribution >= 4 is 23.2 Å². The second-order valence-electron chi connectivity index (χ2n) is 5.70. The number of anilines is 2. The molecular weight excluding hydrogens is 302 g/mol. The van der Waals surface area contributed by atoms with E-state index in [1.54, 1.807) is 24.3 Å². The first-order valence-electron chi connectivity index (χ1n) is 7.68. The van der Waals surface area contributed by atoms with E-state index >= 15 is 0 Å².